The number of benzene rings is 2. The SMILES string of the molecule is C=CCn1c(COc2ccccc2F)nnc1SC(C)C(=O)Nc1cc(OC)cc(OC)c1. The molecule has 174 valence electrons. The molecular weight excluding hydrogens is 447 g/mol. The summed E-state index contributed by atoms with van der Waals surface area (Å²) in [6, 6.07) is 11.3. The third kappa shape index (κ3) is 6.26. The molecule has 0 saturated heterocycles. The standard InChI is InChI=1S/C23H25FN4O4S/c1-5-10-28-21(14-32-20-9-7-6-8-19(20)24)26-27-23(28)33-15(2)22(29)25-16-11-17(30-3)13-18(12-16)31-4/h5-9,11-13,15H,1,10,14H2,2-4H3,(H,25,29). The Morgan fingerprint density at radius 3 is 2.55 bits per heavy atom. The van der Waals surface area contributed by atoms with E-state index in [-0.39, 0.29) is 18.3 Å². The molecule has 1 amide bonds. The van der Waals surface area contributed by atoms with Crippen molar-refractivity contribution in [2.24, 2.45) is 0 Å². The predicted molar refractivity (Wildman–Crippen MR) is 124 cm³/mol. The third-order valence-corrected chi connectivity index (χ3v) is 5.65. The number of methoxy groups -OCH3 is 2. The number of ether oxygens (including phenoxy) is 3. The van der Waals surface area contributed by atoms with Crippen LogP contribution in [0.25, 0.3) is 0 Å². The number of allylic oxidation sites excluding steroid dienone is 1. The number of amides is 1. The van der Waals surface area contributed by atoms with Crippen molar-refractivity contribution in [3.63, 3.8) is 0 Å². The second kappa shape index (κ2) is 11.4. The van der Waals surface area contributed by atoms with Gasteiger partial charge in [-0.2, -0.15) is 0 Å². The van der Waals surface area contributed by atoms with Crippen LogP contribution in [0, 0.1) is 5.82 Å². The largest absolute Gasteiger partial charge is 0.497 e. The highest BCUT2D eigenvalue weighted by molar-refractivity contribution is 8.00. The molecule has 0 aliphatic heterocycles. The van der Waals surface area contributed by atoms with Gasteiger partial charge in [-0.15, -0.1) is 16.8 Å². The summed E-state index contributed by atoms with van der Waals surface area (Å²) in [5, 5.41) is 11.2. The summed E-state index contributed by atoms with van der Waals surface area (Å²) >= 11 is 1.24. The summed E-state index contributed by atoms with van der Waals surface area (Å²) < 4.78 is 31.6. The molecule has 0 aliphatic carbocycles. The number of carbonyl (C=O) groups is 1. The minimum atomic E-state index is -0.490. The number of aromatic nitrogens is 3. The van der Waals surface area contributed by atoms with Crippen LogP contribution < -0.4 is 19.5 Å². The van der Waals surface area contributed by atoms with Gasteiger partial charge in [-0.3, -0.25) is 9.36 Å². The monoisotopic (exact) mass is 472 g/mol. The van der Waals surface area contributed by atoms with E-state index in [1.807, 2.05) is 0 Å². The Bertz CT molecular complexity index is 1100. The first-order valence-corrected chi connectivity index (χ1v) is 10.9. The maximum Gasteiger partial charge on any atom is 0.237 e. The van der Waals surface area contributed by atoms with E-state index in [0.29, 0.717) is 34.7 Å². The van der Waals surface area contributed by atoms with Gasteiger partial charge in [0.2, 0.25) is 5.91 Å². The molecule has 1 N–H and O–H groups in total. The van der Waals surface area contributed by atoms with E-state index in [0.717, 1.165) is 0 Å². The molecule has 8 nitrogen and oxygen atoms in total. The van der Waals surface area contributed by atoms with Crippen molar-refractivity contribution in [3.8, 4) is 17.2 Å². The molecule has 1 atom stereocenters. The number of anilines is 1. The van der Waals surface area contributed by atoms with Crippen LogP contribution in [0.3, 0.4) is 0 Å². The first-order chi connectivity index (χ1) is 15.9. The van der Waals surface area contributed by atoms with Gasteiger partial charge in [0.25, 0.3) is 0 Å². The molecule has 3 rings (SSSR count). The Morgan fingerprint density at radius 2 is 1.91 bits per heavy atom. The van der Waals surface area contributed by atoms with E-state index < -0.39 is 11.1 Å². The zero-order chi connectivity index (χ0) is 23.8. The topological polar surface area (TPSA) is 87.5 Å². The fourth-order valence-electron chi connectivity index (χ4n) is 2.86. The summed E-state index contributed by atoms with van der Waals surface area (Å²) in [6.07, 6.45) is 1.69. The smallest absolute Gasteiger partial charge is 0.237 e. The van der Waals surface area contributed by atoms with Crippen molar-refractivity contribution >= 4 is 23.4 Å². The highest BCUT2D eigenvalue weighted by atomic mass is 32.2. The van der Waals surface area contributed by atoms with Gasteiger partial charge >= 0.3 is 0 Å². The molecule has 1 heterocycles. The summed E-state index contributed by atoms with van der Waals surface area (Å²) in [5.74, 6) is 1.06. The zero-order valence-corrected chi connectivity index (χ0v) is 19.4. The lowest BCUT2D eigenvalue weighted by Gasteiger charge is -2.14. The van der Waals surface area contributed by atoms with Gasteiger partial charge in [-0.25, -0.2) is 4.39 Å². The molecular formula is C23H25FN4O4S. The molecule has 0 fully saturated rings. The lowest BCUT2D eigenvalue weighted by molar-refractivity contribution is -0.115. The second-order valence-corrected chi connectivity index (χ2v) is 8.18. The maximum absolute atomic E-state index is 13.8. The molecule has 33 heavy (non-hydrogen) atoms. The Balaban J connectivity index is 1.69. The third-order valence-electron chi connectivity index (χ3n) is 4.57. The summed E-state index contributed by atoms with van der Waals surface area (Å²) in [7, 11) is 3.08. The quantitative estimate of drug-likeness (QED) is 0.328. The normalized spacial score (nSPS) is 11.5. The average Bonchev–Trinajstić information content (AvgIpc) is 3.19. The fourth-order valence-corrected chi connectivity index (χ4v) is 3.74. The lowest BCUT2D eigenvalue weighted by atomic mass is 10.2. The van der Waals surface area contributed by atoms with Crippen LogP contribution in [0.4, 0.5) is 10.1 Å². The van der Waals surface area contributed by atoms with Crippen LogP contribution in [0.5, 0.6) is 17.2 Å². The van der Waals surface area contributed by atoms with Gasteiger partial charge in [0.05, 0.1) is 19.5 Å². The van der Waals surface area contributed by atoms with E-state index in [9.17, 15) is 9.18 Å². The van der Waals surface area contributed by atoms with E-state index in [1.165, 1.54) is 17.8 Å². The predicted octanol–water partition coefficient (Wildman–Crippen LogP) is 4.32. The molecule has 3 aromatic rings. The number of para-hydroxylation sites is 1. The van der Waals surface area contributed by atoms with Gasteiger partial charge < -0.3 is 19.5 Å². The number of halogens is 1. The first-order valence-electron chi connectivity index (χ1n) is 10.1. The number of thioether (sulfide) groups is 1. The molecule has 0 radical (unpaired) electrons. The van der Waals surface area contributed by atoms with E-state index >= 15 is 0 Å². The van der Waals surface area contributed by atoms with E-state index in [2.05, 4.69) is 22.1 Å². The van der Waals surface area contributed by atoms with Crippen LogP contribution in [-0.2, 0) is 17.9 Å². The van der Waals surface area contributed by atoms with Gasteiger partial charge in [0.1, 0.15) is 18.1 Å². The van der Waals surface area contributed by atoms with E-state index in [4.69, 9.17) is 14.2 Å². The van der Waals surface area contributed by atoms with Gasteiger partial charge in [0, 0.05) is 30.4 Å². The van der Waals surface area contributed by atoms with E-state index in [1.54, 1.807) is 68.2 Å². The number of nitrogens with one attached hydrogen (secondary N) is 1. The zero-order valence-electron chi connectivity index (χ0n) is 18.6. The van der Waals surface area contributed by atoms with Crippen LogP contribution in [-0.4, -0.2) is 40.1 Å². The molecule has 0 saturated carbocycles. The maximum atomic E-state index is 13.8. The minimum Gasteiger partial charge on any atom is -0.497 e. The fraction of sp³-hybridized carbons (Fsp3) is 0.261. The Kier molecular flexibility index (Phi) is 8.31. The highest BCUT2D eigenvalue weighted by Gasteiger charge is 2.21. The molecule has 0 aliphatic rings. The van der Waals surface area contributed by atoms with Crippen LogP contribution >= 0.6 is 11.8 Å². The number of rotatable bonds is 11. The number of hydrogen-bond acceptors (Lipinski definition) is 7. The first kappa shape index (κ1) is 24.1. The van der Waals surface area contributed by atoms with Crippen molar-refractivity contribution in [3.05, 3.63) is 66.8 Å². The van der Waals surface area contributed by atoms with Crippen molar-refractivity contribution in [1.82, 2.24) is 14.8 Å². The Morgan fingerprint density at radius 1 is 1.21 bits per heavy atom. The average molecular weight is 473 g/mol. The summed E-state index contributed by atoms with van der Waals surface area (Å²) in [4.78, 5) is 12.8. The Labute approximate surface area is 195 Å². The Hall–Kier alpha value is -3.53. The number of nitrogens with zero attached hydrogens (tertiary/aromatic N) is 3. The molecule has 0 bridgehead atoms. The lowest BCUT2D eigenvalue weighted by Crippen LogP contribution is -2.23. The molecule has 0 spiro atoms. The van der Waals surface area contributed by atoms with Crippen molar-refractivity contribution in [1.29, 1.82) is 0 Å². The second-order valence-electron chi connectivity index (χ2n) is 6.87. The van der Waals surface area contributed by atoms with Crippen LogP contribution in [0.2, 0.25) is 0 Å². The minimum absolute atomic E-state index is 0.0204. The molecule has 1 aromatic heterocycles. The van der Waals surface area contributed by atoms with Crippen molar-refractivity contribution in [2.75, 3.05) is 19.5 Å². The summed E-state index contributed by atoms with van der Waals surface area (Å²) in [6.45, 7) is 5.96. The molecule has 10 heteroatoms. The summed E-state index contributed by atoms with van der Waals surface area (Å²) in [5.41, 5.74) is 0.551. The van der Waals surface area contributed by atoms with Crippen molar-refractivity contribution in [2.45, 2.75) is 30.5 Å². The van der Waals surface area contributed by atoms with Crippen LogP contribution in [0.15, 0.2) is 60.3 Å². The molecule has 1 unspecified atom stereocenters. The van der Waals surface area contributed by atoms with Crippen molar-refractivity contribution < 1.29 is 23.4 Å². The van der Waals surface area contributed by atoms with Gasteiger partial charge in [0.15, 0.2) is 22.5 Å². The highest BCUT2D eigenvalue weighted by Crippen LogP contribution is 2.28. The van der Waals surface area contributed by atoms with Gasteiger partial charge in [-0.1, -0.05) is 30.0 Å². The van der Waals surface area contributed by atoms with Gasteiger partial charge in [-0.05, 0) is 19.1 Å². The van der Waals surface area contributed by atoms with Crippen LogP contribution in [0.1, 0.15) is 12.7 Å². The molecule has 2 aromatic carbocycles. The number of hydrogen-bond donors (Lipinski definition) is 1. The number of carbonyl (C=O) groups excluding carboxylic acids is 1.